The minimum Gasteiger partial charge on any atom is -0.376 e. The van der Waals surface area contributed by atoms with Crippen LogP contribution in [0.5, 0.6) is 0 Å². The molecule has 1 aliphatic carbocycles. The van der Waals surface area contributed by atoms with Crippen molar-refractivity contribution >= 4 is 11.8 Å². The molecule has 1 saturated carbocycles. The van der Waals surface area contributed by atoms with E-state index in [1.165, 1.54) is 19.3 Å². The van der Waals surface area contributed by atoms with Crippen molar-refractivity contribution in [3.8, 4) is 0 Å². The predicted octanol–water partition coefficient (Wildman–Crippen LogP) is 0.588. The van der Waals surface area contributed by atoms with Crippen LogP contribution in [0.25, 0.3) is 0 Å². The zero-order valence-electron chi connectivity index (χ0n) is 10.7. The van der Waals surface area contributed by atoms with Crippen LogP contribution in [-0.2, 0) is 14.3 Å². The van der Waals surface area contributed by atoms with Gasteiger partial charge in [-0.2, -0.15) is 0 Å². The van der Waals surface area contributed by atoms with Crippen LogP contribution in [0, 0.1) is 5.92 Å². The summed E-state index contributed by atoms with van der Waals surface area (Å²) < 4.78 is 5.72. The Labute approximate surface area is 108 Å². The van der Waals surface area contributed by atoms with Crippen LogP contribution in [-0.4, -0.2) is 37.6 Å². The number of ether oxygens (including phenoxy) is 1. The summed E-state index contributed by atoms with van der Waals surface area (Å²) in [5.41, 5.74) is 0. The summed E-state index contributed by atoms with van der Waals surface area (Å²) in [6.45, 7) is 1.58. The van der Waals surface area contributed by atoms with Crippen LogP contribution in [0.4, 0.5) is 0 Å². The van der Waals surface area contributed by atoms with Crippen molar-refractivity contribution < 1.29 is 14.3 Å². The molecule has 2 amide bonds. The molecule has 1 unspecified atom stereocenters. The van der Waals surface area contributed by atoms with Crippen molar-refractivity contribution in [3.05, 3.63) is 0 Å². The Morgan fingerprint density at radius 1 is 1.33 bits per heavy atom. The van der Waals surface area contributed by atoms with Gasteiger partial charge >= 0.3 is 0 Å². The maximum atomic E-state index is 11.7. The second kappa shape index (κ2) is 6.73. The number of nitrogens with one attached hydrogen (secondary N) is 2. The van der Waals surface area contributed by atoms with Crippen LogP contribution in [0.1, 0.15) is 38.5 Å². The van der Waals surface area contributed by atoms with Gasteiger partial charge in [-0.1, -0.05) is 19.3 Å². The first-order valence-electron chi connectivity index (χ1n) is 6.91. The van der Waals surface area contributed by atoms with E-state index in [-0.39, 0.29) is 17.7 Å². The van der Waals surface area contributed by atoms with E-state index in [0.29, 0.717) is 32.2 Å². The van der Waals surface area contributed by atoms with Crippen LogP contribution in [0.2, 0.25) is 0 Å². The van der Waals surface area contributed by atoms with Crippen LogP contribution < -0.4 is 10.6 Å². The third-order valence-electron chi connectivity index (χ3n) is 3.66. The Kier molecular flexibility index (Phi) is 4.99. The minimum absolute atomic E-state index is 0.0337. The fourth-order valence-corrected chi connectivity index (χ4v) is 2.57. The molecule has 0 bridgehead atoms. The van der Waals surface area contributed by atoms with Gasteiger partial charge in [-0.15, -0.1) is 0 Å². The Balaban J connectivity index is 1.54. The van der Waals surface area contributed by atoms with Gasteiger partial charge in [0.2, 0.25) is 11.8 Å². The van der Waals surface area contributed by atoms with Gasteiger partial charge in [0.05, 0.1) is 18.6 Å². The topological polar surface area (TPSA) is 67.4 Å². The van der Waals surface area contributed by atoms with E-state index in [1.807, 2.05) is 0 Å². The molecule has 2 N–H and O–H groups in total. The van der Waals surface area contributed by atoms with E-state index in [0.717, 1.165) is 12.8 Å². The molecule has 0 spiro atoms. The molecule has 1 aliphatic heterocycles. The number of carbonyl (C=O) groups is 2. The molecule has 0 radical (unpaired) electrons. The number of rotatable bonds is 5. The first-order valence-corrected chi connectivity index (χ1v) is 6.91. The molecule has 2 rings (SSSR count). The highest BCUT2D eigenvalue weighted by Crippen LogP contribution is 2.19. The van der Waals surface area contributed by atoms with Crippen LogP contribution >= 0.6 is 0 Å². The van der Waals surface area contributed by atoms with E-state index in [4.69, 9.17) is 4.74 Å². The predicted molar refractivity (Wildman–Crippen MR) is 67.0 cm³/mol. The highest BCUT2D eigenvalue weighted by atomic mass is 16.5. The third kappa shape index (κ3) is 3.98. The smallest absolute Gasteiger partial charge is 0.225 e. The highest BCUT2D eigenvalue weighted by Gasteiger charge is 2.27. The van der Waals surface area contributed by atoms with Crippen molar-refractivity contribution in [1.82, 2.24) is 10.6 Å². The molecule has 2 aliphatic rings. The second-order valence-electron chi connectivity index (χ2n) is 5.13. The molecule has 2 fully saturated rings. The average molecular weight is 254 g/mol. The molecule has 0 aromatic carbocycles. The molecular weight excluding hydrogens is 232 g/mol. The molecule has 5 nitrogen and oxygen atoms in total. The van der Waals surface area contributed by atoms with Crippen molar-refractivity contribution in [2.75, 3.05) is 19.7 Å². The van der Waals surface area contributed by atoms with Gasteiger partial charge in [-0.3, -0.25) is 9.59 Å². The standard InChI is InChI=1S/C13H22N2O3/c16-12-8-10(9-15-12)13(17)14-6-7-18-11-4-2-1-3-5-11/h10-11H,1-9H2,(H,14,17)(H,15,16). The molecule has 0 aromatic rings. The molecule has 102 valence electrons. The molecule has 1 heterocycles. The van der Waals surface area contributed by atoms with E-state index in [9.17, 15) is 9.59 Å². The first kappa shape index (κ1) is 13.3. The summed E-state index contributed by atoms with van der Waals surface area (Å²) in [5, 5.41) is 5.49. The summed E-state index contributed by atoms with van der Waals surface area (Å²) in [6.07, 6.45) is 6.82. The number of hydrogen-bond acceptors (Lipinski definition) is 3. The van der Waals surface area contributed by atoms with Crippen molar-refractivity contribution in [3.63, 3.8) is 0 Å². The zero-order valence-corrected chi connectivity index (χ0v) is 10.7. The van der Waals surface area contributed by atoms with Gasteiger partial charge in [0, 0.05) is 19.5 Å². The van der Waals surface area contributed by atoms with Gasteiger partial charge in [0.1, 0.15) is 0 Å². The largest absolute Gasteiger partial charge is 0.376 e. The molecule has 18 heavy (non-hydrogen) atoms. The van der Waals surface area contributed by atoms with Gasteiger partial charge in [-0.05, 0) is 12.8 Å². The Morgan fingerprint density at radius 2 is 2.11 bits per heavy atom. The zero-order chi connectivity index (χ0) is 12.8. The fourth-order valence-electron chi connectivity index (χ4n) is 2.57. The SMILES string of the molecule is O=C1CC(C(=O)NCCOC2CCCCC2)CN1. The highest BCUT2D eigenvalue weighted by molar-refractivity contribution is 5.89. The quantitative estimate of drug-likeness (QED) is 0.706. The molecule has 5 heteroatoms. The maximum Gasteiger partial charge on any atom is 0.225 e. The monoisotopic (exact) mass is 254 g/mol. The van der Waals surface area contributed by atoms with Gasteiger partial charge in [0.25, 0.3) is 0 Å². The van der Waals surface area contributed by atoms with Crippen molar-refractivity contribution in [2.45, 2.75) is 44.6 Å². The second-order valence-corrected chi connectivity index (χ2v) is 5.13. The summed E-state index contributed by atoms with van der Waals surface area (Å²) in [4.78, 5) is 22.7. The Hall–Kier alpha value is -1.10. The van der Waals surface area contributed by atoms with E-state index < -0.39 is 0 Å². The number of carbonyl (C=O) groups excluding carboxylic acids is 2. The summed E-state index contributed by atoms with van der Waals surface area (Å²) in [5.74, 6) is -0.276. The number of amides is 2. The van der Waals surface area contributed by atoms with Crippen LogP contribution in [0.3, 0.4) is 0 Å². The minimum atomic E-state index is -0.202. The Bertz CT molecular complexity index is 301. The average Bonchev–Trinajstić information content (AvgIpc) is 2.82. The molecule has 0 aromatic heterocycles. The Morgan fingerprint density at radius 3 is 2.78 bits per heavy atom. The van der Waals surface area contributed by atoms with Crippen LogP contribution in [0.15, 0.2) is 0 Å². The lowest BCUT2D eigenvalue weighted by Crippen LogP contribution is -2.35. The normalized spacial score (nSPS) is 24.9. The van der Waals surface area contributed by atoms with Gasteiger partial charge < -0.3 is 15.4 Å². The van der Waals surface area contributed by atoms with E-state index >= 15 is 0 Å². The van der Waals surface area contributed by atoms with Gasteiger partial charge in [0.15, 0.2) is 0 Å². The summed E-state index contributed by atoms with van der Waals surface area (Å²) in [7, 11) is 0. The van der Waals surface area contributed by atoms with Gasteiger partial charge in [-0.25, -0.2) is 0 Å². The molecular formula is C13H22N2O3. The summed E-state index contributed by atoms with van der Waals surface area (Å²) >= 11 is 0. The first-order chi connectivity index (χ1) is 8.75. The lowest BCUT2D eigenvalue weighted by atomic mass is 9.98. The molecule has 1 saturated heterocycles. The lowest BCUT2D eigenvalue weighted by Gasteiger charge is -2.22. The summed E-state index contributed by atoms with van der Waals surface area (Å²) in [6, 6.07) is 0. The molecule has 1 atom stereocenters. The lowest BCUT2D eigenvalue weighted by molar-refractivity contribution is -0.126. The third-order valence-corrected chi connectivity index (χ3v) is 3.66. The van der Waals surface area contributed by atoms with E-state index in [1.54, 1.807) is 0 Å². The van der Waals surface area contributed by atoms with Crippen molar-refractivity contribution in [2.24, 2.45) is 5.92 Å². The fraction of sp³-hybridized carbons (Fsp3) is 0.846. The van der Waals surface area contributed by atoms with Crippen molar-refractivity contribution in [1.29, 1.82) is 0 Å². The van der Waals surface area contributed by atoms with E-state index in [2.05, 4.69) is 10.6 Å². The maximum absolute atomic E-state index is 11.7. The number of hydrogen-bond donors (Lipinski definition) is 2.